The summed E-state index contributed by atoms with van der Waals surface area (Å²) in [6.45, 7) is 0. The molecule has 1 unspecified atom stereocenters. The highest BCUT2D eigenvalue weighted by atomic mass is 19.2. The van der Waals surface area contributed by atoms with Gasteiger partial charge in [0.05, 0.1) is 0 Å². The Hall–Kier alpha value is -1.03. The van der Waals surface area contributed by atoms with Gasteiger partial charge in [0.25, 0.3) is 0 Å². The highest BCUT2D eigenvalue weighted by Gasteiger charge is 2.54. The topological polar surface area (TPSA) is 26.0 Å². The zero-order chi connectivity index (χ0) is 14.8. The Morgan fingerprint density at radius 3 is 1.86 bits per heavy atom. The van der Waals surface area contributed by atoms with Crippen molar-refractivity contribution in [2.45, 2.75) is 44.6 Å². The summed E-state index contributed by atoms with van der Waals surface area (Å²) < 4.78 is 40.7. The second-order valence-corrected chi connectivity index (χ2v) is 7.55. The second-order valence-electron chi connectivity index (χ2n) is 7.55. The van der Waals surface area contributed by atoms with Crippen LogP contribution in [0.25, 0.3) is 0 Å². The van der Waals surface area contributed by atoms with Crippen molar-refractivity contribution in [3.05, 3.63) is 35.1 Å². The Labute approximate surface area is 122 Å². The van der Waals surface area contributed by atoms with Crippen LogP contribution in [0.4, 0.5) is 13.2 Å². The molecular weight excluding hydrogens is 275 g/mol. The van der Waals surface area contributed by atoms with Gasteiger partial charge in [-0.25, -0.2) is 13.2 Å². The third kappa shape index (κ3) is 2.02. The molecule has 0 spiro atoms. The number of halogens is 3. The predicted octanol–water partition coefficient (Wildman–Crippen LogP) is 4.32. The Morgan fingerprint density at radius 1 is 0.857 bits per heavy atom. The third-order valence-corrected chi connectivity index (χ3v) is 6.12. The van der Waals surface area contributed by atoms with E-state index in [-0.39, 0.29) is 11.0 Å². The minimum Gasteiger partial charge on any atom is -0.323 e. The molecule has 1 nitrogen and oxygen atoms in total. The van der Waals surface area contributed by atoms with Crippen LogP contribution < -0.4 is 5.73 Å². The van der Waals surface area contributed by atoms with E-state index < -0.39 is 23.5 Å². The zero-order valence-corrected chi connectivity index (χ0v) is 11.9. The van der Waals surface area contributed by atoms with E-state index >= 15 is 0 Å². The predicted molar refractivity (Wildman–Crippen MR) is 73.8 cm³/mol. The number of benzene rings is 1. The minimum atomic E-state index is -1.14. The lowest BCUT2D eigenvalue weighted by Crippen LogP contribution is -2.51. The van der Waals surface area contributed by atoms with Crippen LogP contribution in [0.3, 0.4) is 0 Å². The molecule has 4 bridgehead atoms. The van der Waals surface area contributed by atoms with Gasteiger partial charge < -0.3 is 5.73 Å². The van der Waals surface area contributed by atoms with Crippen LogP contribution in [0.15, 0.2) is 12.1 Å². The fourth-order valence-electron chi connectivity index (χ4n) is 5.66. The number of nitrogens with two attached hydrogens (primary N) is 1. The number of rotatable bonds is 2. The molecule has 4 aliphatic rings. The van der Waals surface area contributed by atoms with Crippen molar-refractivity contribution >= 4 is 0 Å². The monoisotopic (exact) mass is 295 g/mol. The van der Waals surface area contributed by atoms with Gasteiger partial charge in [-0.1, -0.05) is 0 Å². The first kappa shape index (κ1) is 13.6. The molecule has 4 saturated carbocycles. The van der Waals surface area contributed by atoms with E-state index in [0.29, 0.717) is 23.8 Å². The quantitative estimate of drug-likeness (QED) is 0.808. The van der Waals surface area contributed by atoms with Gasteiger partial charge in [-0.15, -0.1) is 0 Å². The van der Waals surface area contributed by atoms with Crippen LogP contribution >= 0.6 is 0 Å². The maximum Gasteiger partial charge on any atom is 0.161 e. The van der Waals surface area contributed by atoms with E-state index in [1.807, 2.05) is 0 Å². The molecule has 1 atom stereocenters. The Bertz CT molecular complexity index is 548. The molecule has 0 aromatic heterocycles. The highest BCUT2D eigenvalue weighted by molar-refractivity contribution is 5.26. The van der Waals surface area contributed by atoms with Crippen molar-refractivity contribution in [2.75, 3.05) is 0 Å². The molecule has 4 aliphatic carbocycles. The van der Waals surface area contributed by atoms with Crippen molar-refractivity contribution in [1.82, 2.24) is 0 Å². The van der Waals surface area contributed by atoms with Gasteiger partial charge in [0.1, 0.15) is 5.82 Å². The molecule has 114 valence electrons. The molecular formula is C17H20F3N. The van der Waals surface area contributed by atoms with E-state index in [9.17, 15) is 13.2 Å². The first-order valence-electron chi connectivity index (χ1n) is 7.87. The molecule has 0 saturated heterocycles. The first-order chi connectivity index (χ1) is 9.97. The van der Waals surface area contributed by atoms with Crippen LogP contribution in [0.1, 0.15) is 50.1 Å². The molecule has 21 heavy (non-hydrogen) atoms. The summed E-state index contributed by atoms with van der Waals surface area (Å²) in [5, 5.41) is 0. The lowest BCUT2D eigenvalue weighted by molar-refractivity contribution is -0.0683. The van der Waals surface area contributed by atoms with Crippen molar-refractivity contribution < 1.29 is 13.2 Å². The van der Waals surface area contributed by atoms with E-state index in [1.54, 1.807) is 0 Å². The van der Waals surface area contributed by atoms with E-state index in [0.717, 1.165) is 25.3 Å². The van der Waals surface area contributed by atoms with Crippen molar-refractivity contribution in [1.29, 1.82) is 0 Å². The van der Waals surface area contributed by atoms with Gasteiger partial charge in [-0.2, -0.15) is 0 Å². The summed E-state index contributed by atoms with van der Waals surface area (Å²) in [5.41, 5.74) is 6.42. The first-order valence-corrected chi connectivity index (χ1v) is 7.87. The molecule has 0 heterocycles. The normalized spacial score (nSPS) is 38.8. The average molecular weight is 295 g/mol. The van der Waals surface area contributed by atoms with Crippen LogP contribution in [0, 0.1) is 40.6 Å². The summed E-state index contributed by atoms with van der Waals surface area (Å²) in [6, 6.07) is 1.07. The van der Waals surface area contributed by atoms with Gasteiger partial charge in [-0.05, 0) is 67.8 Å². The minimum absolute atomic E-state index is 0.111. The molecule has 1 aromatic rings. The molecule has 4 heteroatoms. The Balaban J connectivity index is 1.71. The lowest BCUT2D eigenvalue weighted by atomic mass is 9.47. The average Bonchev–Trinajstić information content (AvgIpc) is 2.40. The summed E-state index contributed by atoms with van der Waals surface area (Å²) in [6.07, 6.45) is 6.85. The molecule has 2 N–H and O–H groups in total. The van der Waals surface area contributed by atoms with E-state index in [2.05, 4.69) is 0 Å². The van der Waals surface area contributed by atoms with Crippen LogP contribution in [0.2, 0.25) is 0 Å². The third-order valence-electron chi connectivity index (χ3n) is 6.12. The smallest absolute Gasteiger partial charge is 0.161 e. The SMILES string of the molecule is NC(c1cc(F)c(F)cc1F)C12CC3CC(CC(C3)C1)C2. The van der Waals surface area contributed by atoms with E-state index in [1.165, 1.54) is 19.3 Å². The molecule has 1 aromatic carbocycles. The van der Waals surface area contributed by atoms with Crippen LogP contribution in [0.5, 0.6) is 0 Å². The van der Waals surface area contributed by atoms with Gasteiger partial charge in [0.15, 0.2) is 11.6 Å². The van der Waals surface area contributed by atoms with E-state index in [4.69, 9.17) is 5.73 Å². The fraction of sp³-hybridized carbons (Fsp3) is 0.647. The lowest BCUT2D eigenvalue weighted by Gasteiger charge is -2.59. The molecule has 0 radical (unpaired) electrons. The fourth-order valence-corrected chi connectivity index (χ4v) is 5.66. The van der Waals surface area contributed by atoms with Crippen molar-refractivity contribution in [3.63, 3.8) is 0 Å². The number of hydrogen-bond acceptors (Lipinski definition) is 1. The molecule has 0 aliphatic heterocycles. The Morgan fingerprint density at radius 2 is 1.33 bits per heavy atom. The summed E-state index contributed by atoms with van der Waals surface area (Å²) >= 11 is 0. The molecule has 5 rings (SSSR count). The second kappa shape index (κ2) is 4.48. The summed E-state index contributed by atoms with van der Waals surface area (Å²) in [4.78, 5) is 0. The largest absolute Gasteiger partial charge is 0.323 e. The summed E-state index contributed by atoms with van der Waals surface area (Å²) in [5.74, 6) is -0.792. The molecule has 4 fully saturated rings. The van der Waals surface area contributed by atoms with Gasteiger partial charge in [0, 0.05) is 17.7 Å². The van der Waals surface area contributed by atoms with Crippen molar-refractivity contribution in [2.24, 2.45) is 28.9 Å². The standard InChI is InChI=1S/C17H20F3N/c18-13-5-15(20)14(19)4-12(13)16(21)17-6-9-1-10(7-17)3-11(2-9)8-17/h4-5,9-11,16H,1-3,6-8,21H2. The zero-order valence-electron chi connectivity index (χ0n) is 11.9. The Kier molecular flexibility index (Phi) is 2.91. The maximum atomic E-state index is 14.1. The van der Waals surface area contributed by atoms with Gasteiger partial charge >= 0.3 is 0 Å². The maximum absolute atomic E-state index is 14.1. The highest BCUT2D eigenvalue weighted by Crippen LogP contribution is 2.63. The van der Waals surface area contributed by atoms with Crippen LogP contribution in [-0.2, 0) is 0 Å². The van der Waals surface area contributed by atoms with Gasteiger partial charge in [0.2, 0.25) is 0 Å². The molecule has 0 amide bonds. The number of hydrogen-bond donors (Lipinski definition) is 1. The van der Waals surface area contributed by atoms with Crippen LogP contribution in [-0.4, -0.2) is 0 Å². The van der Waals surface area contributed by atoms with Crippen molar-refractivity contribution in [3.8, 4) is 0 Å². The summed E-state index contributed by atoms with van der Waals surface area (Å²) in [7, 11) is 0. The van der Waals surface area contributed by atoms with Gasteiger partial charge in [-0.3, -0.25) is 0 Å².